The zero-order valence-corrected chi connectivity index (χ0v) is 21.1. The van der Waals surface area contributed by atoms with Crippen molar-refractivity contribution in [2.24, 2.45) is 0 Å². The van der Waals surface area contributed by atoms with Crippen LogP contribution in [0.3, 0.4) is 0 Å². The van der Waals surface area contributed by atoms with Crippen molar-refractivity contribution in [3.05, 3.63) is 35.0 Å². The molecule has 3 aromatic heterocycles. The van der Waals surface area contributed by atoms with Crippen molar-refractivity contribution < 1.29 is 24.2 Å². The average Bonchev–Trinajstić information content (AvgIpc) is 3.54. The lowest BCUT2D eigenvalue weighted by molar-refractivity contribution is -0.894. The summed E-state index contributed by atoms with van der Waals surface area (Å²) in [4.78, 5) is 25.9. The number of aliphatic hydroxyl groups is 2. The maximum absolute atomic E-state index is 12.2. The fourth-order valence-electron chi connectivity index (χ4n) is 4.65. The van der Waals surface area contributed by atoms with Crippen molar-refractivity contribution in [1.82, 2.24) is 19.5 Å². The number of rotatable bonds is 12. The molecule has 1 saturated heterocycles. The summed E-state index contributed by atoms with van der Waals surface area (Å²) in [6, 6.07) is 4.16. The molecule has 190 valence electrons. The van der Waals surface area contributed by atoms with Crippen molar-refractivity contribution in [2.75, 3.05) is 32.9 Å². The minimum atomic E-state index is -1.12. The molecule has 35 heavy (non-hydrogen) atoms. The van der Waals surface area contributed by atoms with Gasteiger partial charge in [-0.25, -0.2) is 15.0 Å². The molecule has 0 aromatic carbocycles. The van der Waals surface area contributed by atoms with Gasteiger partial charge in [-0.2, -0.15) is 0 Å². The SMILES string of the molecule is C[N+](C)(CCCCC(=O)CCCc1cccs1)C[C@H]1O[C@@H](n2cnc3c(N)ncnc32)[C@H](O)[C@@H]1O. The van der Waals surface area contributed by atoms with Gasteiger partial charge in [0.05, 0.1) is 27.0 Å². The zero-order valence-electron chi connectivity index (χ0n) is 20.3. The third-order valence-corrected chi connectivity index (χ3v) is 7.54. The number of aryl methyl sites for hydroxylation is 1. The van der Waals surface area contributed by atoms with Gasteiger partial charge in [-0.15, -0.1) is 11.3 Å². The number of likely N-dealkylation sites (N-methyl/N-ethyl adjacent to an activating group) is 1. The molecule has 0 amide bonds. The molecule has 1 aliphatic rings. The number of ether oxygens (including phenoxy) is 1. The molecule has 1 aliphatic heterocycles. The second-order valence-corrected chi connectivity index (χ2v) is 10.9. The molecule has 4 N–H and O–H groups in total. The van der Waals surface area contributed by atoms with Crippen molar-refractivity contribution in [2.45, 2.75) is 63.1 Å². The van der Waals surface area contributed by atoms with Gasteiger partial charge in [0.25, 0.3) is 0 Å². The number of ketones is 1. The molecule has 10 nitrogen and oxygen atoms in total. The van der Waals surface area contributed by atoms with Crippen LogP contribution in [0.15, 0.2) is 30.2 Å². The van der Waals surface area contributed by atoms with Gasteiger partial charge < -0.3 is 25.2 Å². The second-order valence-electron chi connectivity index (χ2n) is 9.90. The fraction of sp³-hybridized carbons (Fsp3) is 0.583. The second kappa shape index (κ2) is 11.1. The molecular weight excluding hydrogens is 468 g/mol. The summed E-state index contributed by atoms with van der Waals surface area (Å²) in [6.45, 7) is 1.36. The Morgan fingerprint density at radius 3 is 2.74 bits per heavy atom. The van der Waals surface area contributed by atoms with Crippen molar-refractivity contribution in [3.8, 4) is 0 Å². The molecular formula is C24H35N6O4S+. The monoisotopic (exact) mass is 503 g/mol. The fourth-order valence-corrected chi connectivity index (χ4v) is 5.40. The number of aliphatic hydroxyl groups excluding tert-OH is 2. The number of Topliss-reactive ketones (excluding diaryl/α,β-unsaturated/α-hetero) is 1. The van der Waals surface area contributed by atoms with Gasteiger partial charge in [0.1, 0.15) is 42.5 Å². The number of unbranched alkanes of at least 4 members (excludes halogenated alkanes) is 1. The first-order valence-electron chi connectivity index (χ1n) is 12.1. The van der Waals surface area contributed by atoms with Crippen LogP contribution >= 0.6 is 11.3 Å². The van der Waals surface area contributed by atoms with Crippen LogP contribution in [0.25, 0.3) is 11.2 Å². The Morgan fingerprint density at radius 2 is 1.97 bits per heavy atom. The number of imidazole rings is 1. The molecule has 4 atom stereocenters. The zero-order chi connectivity index (χ0) is 25.0. The predicted octanol–water partition coefficient (Wildman–Crippen LogP) is 1.93. The van der Waals surface area contributed by atoms with E-state index in [-0.39, 0.29) is 5.82 Å². The van der Waals surface area contributed by atoms with Crippen LogP contribution in [0.2, 0.25) is 0 Å². The largest absolute Gasteiger partial charge is 0.387 e. The van der Waals surface area contributed by atoms with E-state index in [9.17, 15) is 15.0 Å². The number of quaternary nitrogens is 1. The van der Waals surface area contributed by atoms with Crippen LogP contribution in [-0.2, 0) is 16.0 Å². The first-order valence-corrected chi connectivity index (χ1v) is 12.9. The number of aromatic nitrogens is 4. The lowest BCUT2D eigenvalue weighted by atomic mass is 10.1. The van der Waals surface area contributed by atoms with Gasteiger partial charge in [0, 0.05) is 17.7 Å². The van der Waals surface area contributed by atoms with E-state index in [1.54, 1.807) is 15.9 Å². The molecule has 3 aromatic rings. The molecule has 0 saturated carbocycles. The standard InChI is InChI=1S/C24H35N6O4S/c1-30(2,11-4-3-7-16(31)8-5-9-17-10-6-12-35-17)13-18-20(32)21(33)24(34-18)29-15-28-19-22(25)26-14-27-23(19)29/h6,10,12,14-15,18,20-21,24,32-33H,3-5,7-9,11,13H2,1-2H3,(H2,25,26,27)/q+1/t18-,20-,21-,24-/m1/s1. The van der Waals surface area contributed by atoms with E-state index in [1.165, 1.54) is 17.5 Å². The van der Waals surface area contributed by atoms with E-state index in [0.29, 0.717) is 40.8 Å². The molecule has 0 aliphatic carbocycles. The predicted molar refractivity (Wildman–Crippen MR) is 134 cm³/mol. The van der Waals surface area contributed by atoms with Crippen LogP contribution < -0.4 is 5.73 Å². The van der Waals surface area contributed by atoms with Gasteiger partial charge in [-0.3, -0.25) is 9.36 Å². The maximum Gasteiger partial charge on any atom is 0.167 e. The summed E-state index contributed by atoms with van der Waals surface area (Å²) in [6.07, 6.45) is 4.16. The Hall–Kier alpha value is -2.44. The average molecular weight is 504 g/mol. The quantitative estimate of drug-likeness (QED) is 0.252. The van der Waals surface area contributed by atoms with Gasteiger partial charge in [0.2, 0.25) is 0 Å². The number of hydrogen-bond acceptors (Lipinski definition) is 9. The highest BCUT2D eigenvalue weighted by Gasteiger charge is 2.46. The van der Waals surface area contributed by atoms with E-state index < -0.39 is 24.5 Å². The lowest BCUT2D eigenvalue weighted by Gasteiger charge is -2.33. The number of hydrogen-bond donors (Lipinski definition) is 3. The summed E-state index contributed by atoms with van der Waals surface area (Å²) in [5.74, 6) is 0.571. The molecule has 0 unspecified atom stereocenters. The van der Waals surface area contributed by atoms with Gasteiger partial charge in [0.15, 0.2) is 17.7 Å². The first kappa shape index (κ1) is 25.6. The van der Waals surface area contributed by atoms with Gasteiger partial charge in [-0.05, 0) is 37.1 Å². The molecule has 4 rings (SSSR count). The normalized spacial score (nSPS) is 22.7. The highest BCUT2D eigenvalue weighted by atomic mass is 32.1. The van der Waals surface area contributed by atoms with E-state index in [1.807, 2.05) is 6.07 Å². The number of nitrogen functional groups attached to an aromatic ring is 1. The van der Waals surface area contributed by atoms with Gasteiger partial charge >= 0.3 is 0 Å². The topological polar surface area (TPSA) is 136 Å². The highest BCUT2D eigenvalue weighted by Crippen LogP contribution is 2.33. The third kappa shape index (κ3) is 6.22. The Bertz CT molecular complexity index is 1120. The van der Waals surface area contributed by atoms with E-state index >= 15 is 0 Å². The Labute approximate surface area is 209 Å². The molecule has 0 radical (unpaired) electrons. The molecule has 1 fully saturated rings. The van der Waals surface area contributed by atoms with E-state index in [4.69, 9.17) is 10.5 Å². The Morgan fingerprint density at radius 1 is 1.17 bits per heavy atom. The summed E-state index contributed by atoms with van der Waals surface area (Å²) < 4.78 is 8.28. The van der Waals surface area contributed by atoms with Crippen LogP contribution in [0.4, 0.5) is 5.82 Å². The van der Waals surface area contributed by atoms with Gasteiger partial charge in [-0.1, -0.05) is 6.07 Å². The minimum Gasteiger partial charge on any atom is -0.387 e. The van der Waals surface area contributed by atoms with Crippen molar-refractivity contribution in [1.29, 1.82) is 0 Å². The van der Waals surface area contributed by atoms with Crippen LogP contribution in [0.5, 0.6) is 0 Å². The molecule has 11 heteroatoms. The number of carbonyl (C=O) groups is 1. The first-order chi connectivity index (χ1) is 16.7. The smallest absolute Gasteiger partial charge is 0.167 e. The van der Waals surface area contributed by atoms with Crippen molar-refractivity contribution in [3.63, 3.8) is 0 Å². The Kier molecular flexibility index (Phi) is 8.12. The third-order valence-electron chi connectivity index (χ3n) is 6.60. The van der Waals surface area contributed by atoms with Crippen LogP contribution in [-0.4, -0.2) is 85.5 Å². The number of nitrogens with two attached hydrogens (primary N) is 1. The summed E-state index contributed by atoms with van der Waals surface area (Å²) in [5.41, 5.74) is 6.73. The van der Waals surface area contributed by atoms with Crippen LogP contribution in [0.1, 0.15) is 43.2 Å². The summed E-state index contributed by atoms with van der Waals surface area (Å²) >= 11 is 1.74. The summed E-state index contributed by atoms with van der Waals surface area (Å²) in [7, 11) is 4.14. The lowest BCUT2D eigenvalue weighted by Crippen LogP contribution is -2.49. The molecule has 4 heterocycles. The number of thiophene rings is 1. The summed E-state index contributed by atoms with van der Waals surface area (Å²) in [5, 5.41) is 23.4. The number of nitrogens with zero attached hydrogens (tertiary/aromatic N) is 5. The molecule has 0 spiro atoms. The minimum absolute atomic E-state index is 0.247. The van der Waals surface area contributed by atoms with E-state index in [2.05, 4.69) is 40.5 Å². The number of carbonyl (C=O) groups excluding carboxylic acids is 1. The maximum atomic E-state index is 12.2. The van der Waals surface area contributed by atoms with Crippen LogP contribution in [0, 0.1) is 0 Å². The van der Waals surface area contributed by atoms with Crippen molar-refractivity contribution >= 4 is 34.1 Å². The van der Waals surface area contributed by atoms with E-state index in [0.717, 1.165) is 32.2 Å². The highest BCUT2D eigenvalue weighted by molar-refractivity contribution is 7.09. The number of anilines is 1. The Balaban J connectivity index is 1.23. The number of fused-ring (bicyclic) bond motifs is 1. The molecule has 0 bridgehead atoms.